The smallest absolute Gasteiger partial charge is 0.318 e. The molecule has 0 aromatic carbocycles. The molecule has 24 heavy (non-hydrogen) atoms. The maximum absolute atomic E-state index is 12.3. The lowest BCUT2D eigenvalue weighted by Crippen LogP contribution is -2.51. The third-order valence-corrected chi connectivity index (χ3v) is 5.68. The van der Waals surface area contributed by atoms with Crippen molar-refractivity contribution in [2.24, 2.45) is 0 Å². The highest BCUT2D eigenvalue weighted by Gasteiger charge is 2.29. The van der Waals surface area contributed by atoms with Crippen molar-refractivity contribution >= 4 is 33.2 Å². The van der Waals surface area contributed by atoms with E-state index in [-0.39, 0.29) is 19.0 Å². The Labute approximate surface area is 144 Å². The molecule has 0 spiro atoms. The van der Waals surface area contributed by atoms with Crippen molar-refractivity contribution in [3.05, 3.63) is 22.4 Å². The zero-order valence-electron chi connectivity index (χ0n) is 13.3. The van der Waals surface area contributed by atoms with Crippen LogP contribution >= 0.6 is 11.3 Å². The van der Waals surface area contributed by atoms with Gasteiger partial charge in [-0.1, -0.05) is 6.07 Å². The molecule has 0 radical (unpaired) electrons. The number of rotatable bonds is 7. The standard InChI is InChI=1S/C14H20N2O6S2/c1-24(20,21)16(10-14(18)19)9-11-8-15(4-5-22-11)13(17)7-12-3-2-6-23-12/h2-3,6,11H,4-5,7-10H2,1H3,(H,18,19)/t11-/m1/s1. The highest BCUT2D eigenvalue weighted by molar-refractivity contribution is 7.88. The molecule has 2 heterocycles. The second kappa shape index (κ2) is 8.06. The summed E-state index contributed by atoms with van der Waals surface area (Å²) in [5, 5.41) is 10.8. The number of amides is 1. The molecule has 0 aliphatic carbocycles. The predicted octanol–water partition coefficient (Wildman–Crippen LogP) is -0.136. The number of ether oxygens (including phenoxy) is 1. The van der Waals surface area contributed by atoms with E-state index in [0.717, 1.165) is 15.4 Å². The summed E-state index contributed by atoms with van der Waals surface area (Å²) in [5.41, 5.74) is 0. The lowest BCUT2D eigenvalue weighted by molar-refractivity contribution is -0.140. The molecule has 134 valence electrons. The summed E-state index contributed by atoms with van der Waals surface area (Å²) in [5.74, 6) is -1.28. The fourth-order valence-corrected chi connectivity index (χ4v) is 3.90. The Balaban J connectivity index is 1.96. The van der Waals surface area contributed by atoms with Crippen molar-refractivity contribution in [2.45, 2.75) is 12.5 Å². The van der Waals surface area contributed by atoms with Crippen LogP contribution in [0.3, 0.4) is 0 Å². The lowest BCUT2D eigenvalue weighted by atomic mass is 10.2. The maximum atomic E-state index is 12.3. The SMILES string of the molecule is CS(=O)(=O)N(CC(=O)O)C[C@H]1CN(C(=O)Cc2cccs2)CCO1. The van der Waals surface area contributed by atoms with Gasteiger partial charge >= 0.3 is 5.97 Å². The molecule has 1 fully saturated rings. The molecular weight excluding hydrogens is 356 g/mol. The molecule has 0 unspecified atom stereocenters. The van der Waals surface area contributed by atoms with Crippen LogP contribution in [-0.2, 0) is 30.8 Å². The maximum Gasteiger partial charge on any atom is 0.318 e. The zero-order valence-corrected chi connectivity index (χ0v) is 14.9. The molecule has 1 aromatic heterocycles. The van der Waals surface area contributed by atoms with Crippen LogP contribution < -0.4 is 0 Å². The van der Waals surface area contributed by atoms with Crippen molar-refractivity contribution in [3.63, 3.8) is 0 Å². The summed E-state index contributed by atoms with van der Waals surface area (Å²) in [6, 6.07) is 3.77. The monoisotopic (exact) mass is 376 g/mol. The van der Waals surface area contributed by atoms with E-state index in [4.69, 9.17) is 9.84 Å². The number of thiophene rings is 1. The summed E-state index contributed by atoms with van der Waals surface area (Å²) < 4.78 is 29.8. The minimum Gasteiger partial charge on any atom is -0.480 e. The van der Waals surface area contributed by atoms with Gasteiger partial charge in [0.05, 0.1) is 25.4 Å². The lowest BCUT2D eigenvalue weighted by Gasteiger charge is -2.34. The number of hydrogen-bond acceptors (Lipinski definition) is 6. The van der Waals surface area contributed by atoms with E-state index in [1.807, 2.05) is 17.5 Å². The normalized spacial score (nSPS) is 18.8. The van der Waals surface area contributed by atoms with Gasteiger partial charge in [0.15, 0.2) is 0 Å². The van der Waals surface area contributed by atoms with Gasteiger partial charge in [-0.25, -0.2) is 8.42 Å². The van der Waals surface area contributed by atoms with Crippen LogP contribution in [-0.4, -0.2) is 79.8 Å². The van der Waals surface area contributed by atoms with Crippen LogP contribution in [0.2, 0.25) is 0 Å². The molecule has 0 saturated carbocycles. The van der Waals surface area contributed by atoms with Crippen molar-refractivity contribution in [2.75, 3.05) is 39.0 Å². The Hall–Kier alpha value is -1.49. The third-order valence-electron chi connectivity index (χ3n) is 3.58. The van der Waals surface area contributed by atoms with Crippen molar-refractivity contribution in [3.8, 4) is 0 Å². The second-order valence-corrected chi connectivity index (χ2v) is 8.55. The third kappa shape index (κ3) is 5.55. The molecule has 1 aliphatic rings. The predicted molar refractivity (Wildman–Crippen MR) is 88.4 cm³/mol. The van der Waals surface area contributed by atoms with E-state index < -0.39 is 28.6 Å². The van der Waals surface area contributed by atoms with Gasteiger partial charge in [0, 0.05) is 24.5 Å². The van der Waals surface area contributed by atoms with Crippen LogP contribution in [0.1, 0.15) is 4.88 Å². The van der Waals surface area contributed by atoms with Gasteiger partial charge < -0.3 is 14.7 Å². The largest absolute Gasteiger partial charge is 0.480 e. The molecule has 1 saturated heterocycles. The van der Waals surface area contributed by atoms with Gasteiger partial charge in [0.25, 0.3) is 0 Å². The Kier molecular flexibility index (Phi) is 6.33. The summed E-state index contributed by atoms with van der Waals surface area (Å²) >= 11 is 1.51. The van der Waals surface area contributed by atoms with Crippen LogP contribution in [0, 0.1) is 0 Å². The molecule has 1 N–H and O–H groups in total. The topological polar surface area (TPSA) is 104 Å². The fourth-order valence-electron chi connectivity index (χ4n) is 2.43. The molecule has 10 heteroatoms. The van der Waals surface area contributed by atoms with Crippen molar-refractivity contribution in [1.29, 1.82) is 0 Å². The summed E-state index contributed by atoms with van der Waals surface area (Å²) in [6.07, 6.45) is 0.716. The number of carbonyl (C=O) groups is 2. The average Bonchev–Trinajstić information content (AvgIpc) is 2.98. The van der Waals surface area contributed by atoms with Gasteiger partial charge in [0.1, 0.15) is 6.54 Å². The van der Waals surface area contributed by atoms with Crippen molar-refractivity contribution < 1.29 is 27.9 Å². The van der Waals surface area contributed by atoms with Crippen LogP contribution in [0.15, 0.2) is 17.5 Å². The number of carboxylic acid groups (broad SMARTS) is 1. The van der Waals surface area contributed by atoms with E-state index in [0.29, 0.717) is 19.6 Å². The zero-order chi connectivity index (χ0) is 17.7. The minimum atomic E-state index is -3.67. The number of carbonyl (C=O) groups excluding carboxylic acids is 1. The van der Waals surface area contributed by atoms with E-state index in [1.54, 1.807) is 4.90 Å². The molecule has 2 rings (SSSR count). The molecule has 1 aromatic rings. The number of morpholine rings is 1. The average molecular weight is 376 g/mol. The number of nitrogens with zero attached hydrogens (tertiary/aromatic N) is 2. The quantitative estimate of drug-likeness (QED) is 0.711. The van der Waals surface area contributed by atoms with E-state index in [2.05, 4.69) is 0 Å². The molecular formula is C14H20N2O6S2. The Morgan fingerprint density at radius 3 is 2.83 bits per heavy atom. The first kappa shape index (κ1) is 18.8. The number of hydrogen-bond donors (Lipinski definition) is 1. The minimum absolute atomic E-state index is 0.0464. The van der Waals surface area contributed by atoms with Crippen LogP contribution in [0.25, 0.3) is 0 Å². The molecule has 8 nitrogen and oxygen atoms in total. The Morgan fingerprint density at radius 1 is 1.50 bits per heavy atom. The van der Waals surface area contributed by atoms with E-state index in [9.17, 15) is 18.0 Å². The molecule has 0 bridgehead atoms. The van der Waals surface area contributed by atoms with E-state index in [1.165, 1.54) is 11.3 Å². The van der Waals surface area contributed by atoms with Gasteiger partial charge in [-0.05, 0) is 11.4 Å². The highest BCUT2D eigenvalue weighted by atomic mass is 32.2. The van der Waals surface area contributed by atoms with Gasteiger partial charge in [-0.15, -0.1) is 11.3 Å². The Bertz CT molecular complexity index is 673. The first-order chi connectivity index (χ1) is 11.3. The summed E-state index contributed by atoms with van der Waals surface area (Å²) in [6.45, 7) is 0.273. The van der Waals surface area contributed by atoms with E-state index >= 15 is 0 Å². The molecule has 1 aliphatic heterocycles. The first-order valence-electron chi connectivity index (χ1n) is 7.34. The molecule has 1 atom stereocenters. The van der Waals surface area contributed by atoms with Crippen molar-refractivity contribution in [1.82, 2.24) is 9.21 Å². The molecule has 1 amide bonds. The summed E-state index contributed by atoms with van der Waals surface area (Å²) in [4.78, 5) is 25.8. The van der Waals surface area contributed by atoms with Crippen LogP contribution in [0.4, 0.5) is 0 Å². The number of sulfonamides is 1. The first-order valence-corrected chi connectivity index (χ1v) is 10.1. The van der Waals surface area contributed by atoms with Gasteiger partial charge in [-0.2, -0.15) is 4.31 Å². The summed E-state index contributed by atoms with van der Waals surface area (Å²) in [7, 11) is -3.67. The number of aliphatic carboxylic acids is 1. The fraction of sp³-hybridized carbons (Fsp3) is 0.571. The van der Waals surface area contributed by atoms with Gasteiger partial charge in [0.2, 0.25) is 15.9 Å². The van der Waals surface area contributed by atoms with Crippen LogP contribution in [0.5, 0.6) is 0 Å². The second-order valence-electron chi connectivity index (χ2n) is 5.54. The highest BCUT2D eigenvalue weighted by Crippen LogP contribution is 2.14. The number of carboxylic acids is 1. The van der Waals surface area contributed by atoms with Gasteiger partial charge in [-0.3, -0.25) is 9.59 Å². The Morgan fingerprint density at radius 2 is 2.25 bits per heavy atom.